The summed E-state index contributed by atoms with van der Waals surface area (Å²) in [6.45, 7) is 0.0731. The summed E-state index contributed by atoms with van der Waals surface area (Å²) in [5.74, 6) is 0.524. The predicted octanol–water partition coefficient (Wildman–Crippen LogP) is 0.735. The van der Waals surface area contributed by atoms with Crippen LogP contribution in [0.4, 0.5) is 5.69 Å². The van der Waals surface area contributed by atoms with Gasteiger partial charge >= 0.3 is 0 Å². The van der Waals surface area contributed by atoms with Crippen molar-refractivity contribution in [3.05, 3.63) is 42.6 Å². The Morgan fingerprint density at radius 1 is 1.41 bits per heavy atom. The summed E-state index contributed by atoms with van der Waals surface area (Å²) in [7, 11) is -3.66. The number of anilines is 1. The zero-order chi connectivity index (χ0) is 12.3. The summed E-state index contributed by atoms with van der Waals surface area (Å²) in [5, 5.41) is 0. The van der Waals surface area contributed by atoms with Crippen LogP contribution in [0.15, 0.2) is 46.2 Å². The molecule has 0 saturated carbocycles. The number of furan rings is 1. The molecule has 0 aromatic carbocycles. The minimum Gasteiger partial charge on any atom is -0.468 e. The first kappa shape index (κ1) is 11.6. The van der Waals surface area contributed by atoms with Crippen LogP contribution in [-0.4, -0.2) is 13.4 Å². The molecule has 0 aliphatic carbocycles. The van der Waals surface area contributed by atoms with Crippen molar-refractivity contribution < 1.29 is 12.8 Å². The molecule has 7 heteroatoms. The van der Waals surface area contributed by atoms with Gasteiger partial charge in [0, 0.05) is 12.4 Å². The maximum atomic E-state index is 11.9. The SMILES string of the molecule is Nc1ccncc1S(=O)(=O)NCc1ccco1. The number of sulfonamides is 1. The smallest absolute Gasteiger partial charge is 0.244 e. The second-order valence-electron chi connectivity index (χ2n) is 3.32. The molecule has 2 aromatic heterocycles. The Labute approximate surface area is 98.5 Å². The molecular weight excluding hydrogens is 242 g/mol. The minimum atomic E-state index is -3.66. The van der Waals surface area contributed by atoms with Crippen LogP contribution in [0.1, 0.15) is 5.76 Å². The number of hydrogen-bond acceptors (Lipinski definition) is 5. The fourth-order valence-electron chi connectivity index (χ4n) is 1.27. The zero-order valence-corrected chi connectivity index (χ0v) is 9.65. The minimum absolute atomic E-state index is 0.0356. The van der Waals surface area contributed by atoms with E-state index >= 15 is 0 Å². The van der Waals surface area contributed by atoms with Crippen LogP contribution < -0.4 is 10.5 Å². The normalized spacial score (nSPS) is 11.5. The van der Waals surface area contributed by atoms with Crippen LogP contribution >= 0.6 is 0 Å². The van der Waals surface area contributed by atoms with Crippen LogP contribution in [0.25, 0.3) is 0 Å². The summed E-state index contributed by atoms with van der Waals surface area (Å²) in [5.41, 5.74) is 5.73. The molecule has 2 heterocycles. The van der Waals surface area contributed by atoms with E-state index in [2.05, 4.69) is 9.71 Å². The van der Waals surface area contributed by atoms with E-state index in [0.29, 0.717) is 5.76 Å². The summed E-state index contributed by atoms with van der Waals surface area (Å²) in [4.78, 5) is 3.70. The average molecular weight is 253 g/mol. The Bertz CT molecular complexity index is 593. The topological polar surface area (TPSA) is 98.2 Å². The number of nitrogens with two attached hydrogens (primary N) is 1. The Balaban J connectivity index is 2.17. The van der Waals surface area contributed by atoms with Gasteiger partial charge in [-0.05, 0) is 18.2 Å². The Kier molecular flexibility index (Phi) is 3.12. The molecule has 6 nitrogen and oxygen atoms in total. The molecule has 0 aliphatic heterocycles. The van der Waals surface area contributed by atoms with E-state index in [1.54, 1.807) is 12.1 Å². The van der Waals surface area contributed by atoms with E-state index in [9.17, 15) is 8.42 Å². The number of nitrogen functional groups attached to an aromatic ring is 1. The summed E-state index contributed by atoms with van der Waals surface area (Å²) < 4.78 is 31.1. The lowest BCUT2D eigenvalue weighted by Gasteiger charge is -2.06. The molecule has 0 amide bonds. The van der Waals surface area contributed by atoms with Gasteiger partial charge in [0.05, 0.1) is 18.5 Å². The molecule has 0 unspecified atom stereocenters. The first-order chi connectivity index (χ1) is 8.09. The van der Waals surface area contributed by atoms with Gasteiger partial charge in [-0.1, -0.05) is 0 Å². The van der Waals surface area contributed by atoms with Crippen LogP contribution in [0.2, 0.25) is 0 Å². The van der Waals surface area contributed by atoms with Crippen molar-refractivity contribution in [1.82, 2.24) is 9.71 Å². The molecule has 0 radical (unpaired) electrons. The molecule has 2 aromatic rings. The molecule has 0 aliphatic rings. The van der Waals surface area contributed by atoms with Crippen molar-refractivity contribution >= 4 is 15.7 Å². The Morgan fingerprint density at radius 3 is 2.88 bits per heavy atom. The standard InChI is InChI=1S/C10H11N3O3S/c11-9-3-4-12-7-10(9)17(14,15)13-6-8-2-1-5-16-8/h1-5,7,13H,6H2,(H2,11,12). The molecule has 3 N–H and O–H groups in total. The van der Waals surface area contributed by atoms with E-state index in [1.807, 2.05) is 0 Å². The highest BCUT2D eigenvalue weighted by atomic mass is 32.2. The van der Waals surface area contributed by atoms with Crippen LogP contribution in [-0.2, 0) is 16.6 Å². The highest BCUT2D eigenvalue weighted by molar-refractivity contribution is 7.89. The fraction of sp³-hybridized carbons (Fsp3) is 0.100. The van der Waals surface area contributed by atoms with Gasteiger partial charge < -0.3 is 10.2 Å². The molecule has 0 atom stereocenters. The molecule has 17 heavy (non-hydrogen) atoms. The zero-order valence-electron chi connectivity index (χ0n) is 8.83. The third kappa shape index (κ3) is 2.63. The fourth-order valence-corrected chi connectivity index (χ4v) is 2.34. The number of pyridine rings is 1. The van der Waals surface area contributed by atoms with Gasteiger partial charge in [0.15, 0.2) is 0 Å². The first-order valence-corrected chi connectivity index (χ1v) is 6.29. The Hall–Kier alpha value is -1.86. The lowest BCUT2D eigenvalue weighted by atomic mass is 10.4. The lowest BCUT2D eigenvalue weighted by Crippen LogP contribution is -2.24. The van der Waals surface area contributed by atoms with Crippen LogP contribution in [0.3, 0.4) is 0 Å². The number of rotatable bonds is 4. The second kappa shape index (κ2) is 4.56. The monoisotopic (exact) mass is 253 g/mol. The summed E-state index contributed by atoms with van der Waals surface area (Å²) >= 11 is 0. The van der Waals surface area contributed by atoms with E-state index in [4.69, 9.17) is 10.2 Å². The van der Waals surface area contributed by atoms with Crippen molar-refractivity contribution in [2.24, 2.45) is 0 Å². The highest BCUT2D eigenvalue weighted by Crippen LogP contribution is 2.15. The molecule has 90 valence electrons. The molecule has 0 fully saturated rings. The number of aromatic nitrogens is 1. The largest absolute Gasteiger partial charge is 0.468 e. The Morgan fingerprint density at radius 2 is 2.24 bits per heavy atom. The lowest BCUT2D eigenvalue weighted by molar-refractivity contribution is 0.498. The number of hydrogen-bond donors (Lipinski definition) is 2. The van der Waals surface area contributed by atoms with E-state index in [0.717, 1.165) is 0 Å². The van der Waals surface area contributed by atoms with Gasteiger partial charge in [-0.25, -0.2) is 13.1 Å². The number of nitrogens with one attached hydrogen (secondary N) is 1. The van der Waals surface area contributed by atoms with E-state index < -0.39 is 10.0 Å². The van der Waals surface area contributed by atoms with E-state index in [1.165, 1.54) is 24.7 Å². The van der Waals surface area contributed by atoms with Crippen molar-refractivity contribution in [3.8, 4) is 0 Å². The average Bonchev–Trinajstić information content (AvgIpc) is 2.80. The van der Waals surface area contributed by atoms with Crippen molar-refractivity contribution in [2.45, 2.75) is 11.4 Å². The van der Waals surface area contributed by atoms with Crippen LogP contribution in [0.5, 0.6) is 0 Å². The quantitative estimate of drug-likeness (QED) is 0.837. The van der Waals surface area contributed by atoms with Gasteiger partial charge in [0.25, 0.3) is 0 Å². The number of nitrogens with zero attached hydrogens (tertiary/aromatic N) is 1. The van der Waals surface area contributed by atoms with Crippen molar-refractivity contribution in [3.63, 3.8) is 0 Å². The van der Waals surface area contributed by atoms with Crippen molar-refractivity contribution in [1.29, 1.82) is 0 Å². The highest BCUT2D eigenvalue weighted by Gasteiger charge is 2.17. The third-order valence-corrected chi connectivity index (χ3v) is 3.57. The molecule has 0 bridgehead atoms. The molecule has 0 spiro atoms. The van der Waals surface area contributed by atoms with Gasteiger partial charge in [-0.3, -0.25) is 4.98 Å². The van der Waals surface area contributed by atoms with Gasteiger partial charge in [-0.2, -0.15) is 0 Å². The first-order valence-electron chi connectivity index (χ1n) is 4.81. The van der Waals surface area contributed by atoms with Gasteiger partial charge in [0.2, 0.25) is 10.0 Å². The van der Waals surface area contributed by atoms with Gasteiger partial charge in [-0.15, -0.1) is 0 Å². The summed E-state index contributed by atoms with van der Waals surface area (Å²) in [6.07, 6.45) is 4.11. The maximum Gasteiger partial charge on any atom is 0.244 e. The third-order valence-electron chi connectivity index (χ3n) is 2.12. The van der Waals surface area contributed by atoms with Crippen LogP contribution in [0, 0.1) is 0 Å². The maximum absolute atomic E-state index is 11.9. The second-order valence-corrected chi connectivity index (χ2v) is 5.05. The summed E-state index contributed by atoms with van der Waals surface area (Å²) in [6, 6.07) is 4.79. The molecular formula is C10H11N3O3S. The van der Waals surface area contributed by atoms with Crippen molar-refractivity contribution in [2.75, 3.05) is 5.73 Å². The molecule has 0 saturated heterocycles. The predicted molar refractivity (Wildman–Crippen MR) is 61.4 cm³/mol. The van der Waals surface area contributed by atoms with Gasteiger partial charge in [0.1, 0.15) is 10.7 Å². The van der Waals surface area contributed by atoms with E-state index in [-0.39, 0.29) is 17.1 Å². The molecule has 2 rings (SSSR count).